The Balaban J connectivity index is 2.22. The summed E-state index contributed by atoms with van der Waals surface area (Å²) in [5.41, 5.74) is -0.412. The Morgan fingerprint density at radius 1 is 1.19 bits per heavy atom. The van der Waals surface area contributed by atoms with Crippen LogP contribution in [0.4, 0.5) is 17.6 Å². The highest BCUT2D eigenvalue weighted by atomic mass is 19.2. The molecule has 0 radical (unpaired) electrons. The number of methoxy groups -OCH3 is 1. The van der Waals surface area contributed by atoms with Crippen molar-refractivity contribution < 1.29 is 22.3 Å². The fraction of sp³-hybridized carbons (Fsp3) is 0.308. The lowest BCUT2D eigenvalue weighted by atomic mass is 10.2. The van der Waals surface area contributed by atoms with E-state index in [2.05, 4.69) is 10.4 Å². The maximum atomic E-state index is 13.6. The van der Waals surface area contributed by atoms with Crippen molar-refractivity contribution in [3.63, 3.8) is 0 Å². The molecule has 0 amide bonds. The first-order valence-electron chi connectivity index (χ1n) is 6.12. The molecule has 21 heavy (non-hydrogen) atoms. The predicted molar refractivity (Wildman–Crippen MR) is 67.0 cm³/mol. The second-order valence-electron chi connectivity index (χ2n) is 4.24. The van der Waals surface area contributed by atoms with E-state index in [1.807, 2.05) is 0 Å². The van der Waals surface area contributed by atoms with Gasteiger partial charge in [0.15, 0.2) is 23.3 Å². The Labute approximate surface area is 118 Å². The van der Waals surface area contributed by atoms with Crippen LogP contribution < -0.4 is 5.32 Å². The van der Waals surface area contributed by atoms with Gasteiger partial charge in [0, 0.05) is 32.5 Å². The predicted octanol–water partition coefficient (Wildman–Crippen LogP) is 2.16. The third-order valence-corrected chi connectivity index (χ3v) is 2.75. The molecule has 0 spiro atoms. The van der Waals surface area contributed by atoms with E-state index >= 15 is 0 Å². The lowest BCUT2D eigenvalue weighted by Gasteiger charge is -2.06. The van der Waals surface area contributed by atoms with Gasteiger partial charge in [0.25, 0.3) is 0 Å². The molecule has 0 aliphatic heterocycles. The molecule has 0 saturated heterocycles. The Bertz CT molecular complexity index is 604. The molecule has 1 N–H and O–H groups in total. The molecule has 2 aromatic rings. The topological polar surface area (TPSA) is 39.1 Å². The van der Waals surface area contributed by atoms with Crippen molar-refractivity contribution in [2.75, 3.05) is 20.3 Å². The summed E-state index contributed by atoms with van der Waals surface area (Å²) in [6.45, 7) is 1.40. The van der Waals surface area contributed by atoms with Crippen molar-refractivity contribution >= 4 is 0 Å². The fourth-order valence-corrected chi connectivity index (χ4v) is 1.73. The number of nitrogens with one attached hydrogen (secondary N) is 1. The van der Waals surface area contributed by atoms with E-state index in [-0.39, 0.29) is 6.07 Å². The van der Waals surface area contributed by atoms with Crippen LogP contribution in [0.1, 0.15) is 5.69 Å². The Morgan fingerprint density at radius 3 is 2.48 bits per heavy atom. The lowest BCUT2D eigenvalue weighted by molar-refractivity contribution is 0.199. The van der Waals surface area contributed by atoms with Crippen LogP contribution in [0.15, 0.2) is 18.3 Å². The number of nitrogens with zero attached hydrogens (tertiary/aromatic N) is 2. The number of halogens is 4. The number of ether oxygens (including phenoxy) is 1. The highest BCUT2D eigenvalue weighted by Crippen LogP contribution is 2.22. The summed E-state index contributed by atoms with van der Waals surface area (Å²) < 4.78 is 59.1. The third kappa shape index (κ3) is 3.40. The minimum atomic E-state index is -1.49. The van der Waals surface area contributed by atoms with Crippen LogP contribution in [0.2, 0.25) is 0 Å². The van der Waals surface area contributed by atoms with Crippen LogP contribution >= 0.6 is 0 Å². The second-order valence-corrected chi connectivity index (χ2v) is 4.24. The average Bonchev–Trinajstić information content (AvgIpc) is 2.90. The van der Waals surface area contributed by atoms with Gasteiger partial charge in [0.05, 0.1) is 12.3 Å². The summed E-state index contributed by atoms with van der Waals surface area (Å²) in [5.74, 6) is -5.93. The summed E-state index contributed by atoms with van der Waals surface area (Å²) in [5, 5.41) is 6.86. The minimum Gasteiger partial charge on any atom is -0.383 e. The first-order valence-corrected chi connectivity index (χ1v) is 6.12. The molecule has 1 heterocycles. The van der Waals surface area contributed by atoms with Gasteiger partial charge in [0.2, 0.25) is 0 Å². The van der Waals surface area contributed by atoms with Gasteiger partial charge < -0.3 is 10.1 Å². The van der Waals surface area contributed by atoms with Gasteiger partial charge in [-0.3, -0.25) is 0 Å². The minimum absolute atomic E-state index is 0.158. The number of benzene rings is 1. The zero-order valence-corrected chi connectivity index (χ0v) is 11.2. The monoisotopic (exact) mass is 303 g/mol. The van der Waals surface area contributed by atoms with Gasteiger partial charge >= 0.3 is 0 Å². The first kappa shape index (κ1) is 15.5. The number of hydrogen-bond donors (Lipinski definition) is 1. The lowest BCUT2D eigenvalue weighted by Crippen LogP contribution is -2.19. The molecule has 0 aliphatic rings. The van der Waals surface area contributed by atoms with Crippen LogP contribution in [-0.4, -0.2) is 30.0 Å². The largest absolute Gasteiger partial charge is 0.383 e. The Hall–Kier alpha value is -1.93. The highest BCUT2D eigenvalue weighted by Gasteiger charge is 2.21. The summed E-state index contributed by atoms with van der Waals surface area (Å²) in [7, 11) is 1.56. The third-order valence-electron chi connectivity index (χ3n) is 2.75. The molecule has 114 valence electrons. The number of hydrogen-bond acceptors (Lipinski definition) is 3. The van der Waals surface area contributed by atoms with Crippen LogP contribution in [0.25, 0.3) is 5.69 Å². The standard InChI is InChI=1S/C13H13F4N3O/c1-21-5-3-18-7-8-2-4-20(19-8)13-11(16)9(14)6-10(15)12(13)17/h2,4,6,18H,3,5,7H2,1H3. The summed E-state index contributed by atoms with van der Waals surface area (Å²) in [4.78, 5) is 0. The number of aromatic nitrogens is 2. The molecule has 8 heteroatoms. The zero-order chi connectivity index (χ0) is 15.4. The normalized spacial score (nSPS) is 11.1. The number of rotatable bonds is 6. The van der Waals surface area contributed by atoms with Gasteiger partial charge in [-0.1, -0.05) is 0 Å². The van der Waals surface area contributed by atoms with Crippen LogP contribution in [0.5, 0.6) is 0 Å². The molecule has 0 saturated carbocycles. The average molecular weight is 303 g/mol. The van der Waals surface area contributed by atoms with E-state index in [1.54, 1.807) is 7.11 Å². The van der Waals surface area contributed by atoms with Crippen molar-refractivity contribution in [1.82, 2.24) is 15.1 Å². The van der Waals surface area contributed by atoms with Crippen molar-refractivity contribution in [3.05, 3.63) is 47.3 Å². The Morgan fingerprint density at radius 2 is 1.86 bits per heavy atom. The van der Waals surface area contributed by atoms with Crippen LogP contribution in [0.3, 0.4) is 0 Å². The van der Waals surface area contributed by atoms with Crippen molar-refractivity contribution in [2.45, 2.75) is 6.54 Å². The van der Waals surface area contributed by atoms with Crippen molar-refractivity contribution in [3.8, 4) is 5.69 Å². The first-order chi connectivity index (χ1) is 10.0. The highest BCUT2D eigenvalue weighted by molar-refractivity contribution is 5.36. The van der Waals surface area contributed by atoms with E-state index in [0.29, 0.717) is 25.4 Å². The molecular weight excluding hydrogens is 290 g/mol. The second kappa shape index (κ2) is 6.68. The van der Waals surface area contributed by atoms with E-state index in [0.717, 1.165) is 4.68 Å². The molecular formula is C13H13F4N3O. The van der Waals surface area contributed by atoms with Gasteiger partial charge in [0.1, 0.15) is 5.69 Å². The molecule has 0 unspecified atom stereocenters. The van der Waals surface area contributed by atoms with Crippen molar-refractivity contribution in [1.29, 1.82) is 0 Å². The molecule has 1 aromatic heterocycles. The van der Waals surface area contributed by atoms with E-state index < -0.39 is 29.0 Å². The summed E-state index contributed by atoms with van der Waals surface area (Å²) in [6.07, 6.45) is 1.23. The maximum Gasteiger partial charge on any atom is 0.187 e. The molecule has 0 bridgehead atoms. The fourth-order valence-electron chi connectivity index (χ4n) is 1.73. The van der Waals surface area contributed by atoms with Crippen molar-refractivity contribution in [2.24, 2.45) is 0 Å². The van der Waals surface area contributed by atoms with E-state index in [1.165, 1.54) is 12.3 Å². The smallest absolute Gasteiger partial charge is 0.187 e. The van der Waals surface area contributed by atoms with Crippen LogP contribution in [0, 0.1) is 23.3 Å². The van der Waals surface area contributed by atoms with E-state index in [9.17, 15) is 17.6 Å². The van der Waals surface area contributed by atoms with Gasteiger partial charge in [-0.25, -0.2) is 22.2 Å². The molecule has 0 fully saturated rings. The molecule has 0 atom stereocenters. The zero-order valence-electron chi connectivity index (χ0n) is 11.2. The summed E-state index contributed by atoms with van der Waals surface area (Å²) >= 11 is 0. The SMILES string of the molecule is COCCNCc1ccn(-c2c(F)c(F)cc(F)c2F)n1. The van der Waals surface area contributed by atoms with Crippen LogP contribution in [-0.2, 0) is 11.3 Å². The van der Waals surface area contributed by atoms with Gasteiger partial charge in [-0.2, -0.15) is 5.10 Å². The van der Waals surface area contributed by atoms with Gasteiger partial charge in [-0.05, 0) is 6.07 Å². The quantitative estimate of drug-likeness (QED) is 0.505. The maximum absolute atomic E-state index is 13.6. The molecule has 0 aliphatic carbocycles. The Kier molecular flexibility index (Phi) is 4.92. The summed E-state index contributed by atoms with van der Waals surface area (Å²) in [6, 6.07) is 1.65. The van der Waals surface area contributed by atoms with E-state index in [4.69, 9.17) is 4.74 Å². The molecule has 2 rings (SSSR count). The van der Waals surface area contributed by atoms with Gasteiger partial charge in [-0.15, -0.1) is 0 Å². The molecule has 4 nitrogen and oxygen atoms in total. The molecule has 1 aromatic carbocycles.